The minimum Gasteiger partial charge on any atom is -0.466 e. The van der Waals surface area contributed by atoms with Gasteiger partial charge in [-0.3, -0.25) is 4.79 Å². The zero-order valence-electron chi connectivity index (χ0n) is 11.9. The first-order valence-corrected chi connectivity index (χ1v) is 6.57. The first-order valence-electron chi connectivity index (χ1n) is 6.57. The normalized spacial score (nSPS) is 26.9. The molecule has 0 radical (unpaired) electrons. The Kier molecular flexibility index (Phi) is 5.17. The molecule has 1 saturated carbocycles. The Morgan fingerprint density at radius 3 is 2.47 bits per heavy atom. The van der Waals surface area contributed by atoms with Crippen LogP contribution in [0.2, 0.25) is 0 Å². The standard InChI is InChI=1S/C13H23NO5/c1-5-18-11(16)8-6-9(10(15)7-8)14-12(17)19-13(2,3)4/h8-10,15H,5-7H2,1-4H3,(H,14,17)/t8-,9-,10-/m0/s1. The number of rotatable bonds is 3. The minimum atomic E-state index is -0.748. The Balaban J connectivity index is 2.48. The van der Waals surface area contributed by atoms with E-state index in [0.29, 0.717) is 19.4 Å². The average molecular weight is 273 g/mol. The molecular formula is C13H23NO5. The van der Waals surface area contributed by atoms with Crippen molar-refractivity contribution in [3.05, 3.63) is 0 Å². The molecule has 0 bridgehead atoms. The van der Waals surface area contributed by atoms with E-state index in [1.165, 1.54) is 0 Å². The van der Waals surface area contributed by atoms with Gasteiger partial charge in [-0.15, -0.1) is 0 Å². The molecule has 0 aliphatic heterocycles. The average Bonchev–Trinajstić information content (AvgIpc) is 2.58. The first-order chi connectivity index (χ1) is 8.73. The SMILES string of the molecule is CCOC(=O)[C@H]1C[C@H](NC(=O)OC(C)(C)C)[C@@H](O)C1. The molecule has 1 aliphatic carbocycles. The Morgan fingerprint density at radius 2 is 1.95 bits per heavy atom. The zero-order valence-corrected chi connectivity index (χ0v) is 11.9. The Labute approximate surface area is 113 Å². The van der Waals surface area contributed by atoms with E-state index in [2.05, 4.69) is 5.32 Å². The lowest BCUT2D eigenvalue weighted by atomic mass is 10.1. The van der Waals surface area contributed by atoms with Gasteiger partial charge in [-0.2, -0.15) is 0 Å². The predicted octanol–water partition coefficient (Wildman–Crippen LogP) is 1.21. The number of aliphatic hydroxyl groups is 1. The van der Waals surface area contributed by atoms with Crippen molar-refractivity contribution < 1.29 is 24.2 Å². The molecule has 1 aliphatic rings. The van der Waals surface area contributed by atoms with Gasteiger partial charge in [0.05, 0.1) is 24.7 Å². The van der Waals surface area contributed by atoms with E-state index in [0.717, 1.165) is 0 Å². The second-order valence-corrected chi connectivity index (χ2v) is 5.74. The molecule has 19 heavy (non-hydrogen) atoms. The van der Waals surface area contributed by atoms with Crippen molar-refractivity contribution >= 4 is 12.1 Å². The third-order valence-corrected chi connectivity index (χ3v) is 2.85. The number of nitrogens with one attached hydrogen (secondary N) is 1. The van der Waals surface area contributed by atoms with Crippen molar-refractivity contribution in [2.45, 2.75) is 58.3 Å². The maximum atomic E-state index is 11.6. The molecule has 0 spiro atoms. The summed E-state index contributed by atoms with van der Waals surface area (Å²) >= 11 is 0. The summed E-state index contributed by atoms with van der Waals surface area (Å²) in [6, 6.07) is -0.468. The summed E-state index contributed by atoms with van der Waals surface area (Å²) in [7, 11) is 0. The summed E-state index contributed by atoms with van der Waals surface area (Å²) in [6.45, 7) is 7.34. The van der Waals surface area contributed by atoms with Crippen LogP contribution in [-0.2, 0) is 14.3 Å². The molecule has 0 aromatic carbocycles. The van der Waals surface area contributed by atoms with Gasteiger partial charge in [0.25, 0.3) is 0 Å². The minimum absolute atomic E-state index is 0.305. The molecule has 110 valence electrons. The number of amides is 1. The number of carbonyl (C=O) groups is 2. The fourth-order valence-electron chi connectivity index (χ4n) is 2.08. The van der Waals surface area contributed by atoms with Gasteiger partial charge < -0.3 is 19.9 Å². The summed E-state index contributed by atoms with van der Waals surface area (Å²) in [4.78, 5) is 23.2. The van der Waals surface area contributed by atoms with Crippen LogP contribution in [0.5, 0.6) is 0 Å². The number of aliphatic hydroxyl groups excluding tert-OH is 1. The molecule has 1 fully saturated rings. The highest BCUT2D eigenvalue weighted by Crippen LogP contribution is 2.27. The van der Waals surface area contributed by atoms with E-state index in [4.69, 9.17) is 9.47 Å². The number of hydrogen-bond acceptors (Lipinski definition) is 5. The Morgan fingerprint density at radius 1 is 1.32 bits per heavy atom. The van der Waals surface area contributed by atoms with Crippen LogP contribution in [0, 0.1) is 5.92 Å². The van der Waals surface area contributed by atoms with E-state index < -0.39 is 23.8 Å². The lowest BCUT2D eigenvalue weighted by molar-refractivity contribution is -0.148. The largest absolute Gasteiger partial charge is 0.466 e. The van der Waals surface area contributed by atoms with Crippen molar-refractivity contribution in [1.29, 1.82) is 0 Å². The number of ether oxygens (including phenoxy) is 2. The van der Waals surface area contributed by atoms with Gasteiger partial charge >= 0.3 is 12.1 Å². The summed E-state index contributed by atoms with van der Waals surface area (Å²) in [5.41, 5.74) is -0.589. The smallest absolute Gasteiger partial charge is 0.407 e. The lowest BCUT2D eigenvalue weighted by Gasteiger charge is -2.22. The fraction of sp³-hybridized carbons (Fsp3) is 0.846. The van der Waals surface area contributed by atoms with Crippen LogP contribution in [0.25, 0.3) is 0 Å². The van der Waals surface area contributed by atoms with Crippen LogP contribution < -0.4 is 5.32 Å². The van der Waals surface area contributed by atoms with Crippen LogP contribution in [-0.4, -0.2) is 41.5 Å². The summed E-state index contributed by atoms with van der Waals surface area (Å²) in [5, 5.41) is 12.4. The first kappa shape index (κ1) is 15.8. The zero-order chi connectivity index (χ0) is 14.6. The van der Waals surface area contributed by atoms with E-state index in [1.807, 2.05) is 0 Å². The van der Waals surface area contributed by atoms with Crippen LogP contribution in [0.3, 0.4) is 0 Å². The molecule has 0 saturated heterocycles. The number of carbonyl (C=O) groups excluding carboxylic acids is 2. The summed E-state index contributed by atoms with van der Waals surface area (Å²) in [5.74, 6) is -0.690. The molecule has 0 aromatic heterocycles. The number of esters is 1. The van der Waals surface area contributed by atoms with Crippen molar-refractivity contribution in [1.82, 2.24) is 5.32 Å². The predicted molar refractivity (Wildman–Crippen MR) is 68.5 cm³/mol. The van der Waals surface area contributed by atoms with E-state index in [9.17, 15) is 14.7 Å². The highest BCUT2D eigenvalue weighted by Gasteiger charge is 2.39. The van der Waals surface area contributed by atoms with Crippen molar-refractivity contribution in [2.24, 2.45) is 5.92 Å². The van der Waals surface area contributed by atoms with Crippen molar-refractivity contribution in [3.63, 3.8) is 0 Å². The van der Waals surface area contributed by atoms with Gasteiger partial charge in [-0.25, -0.2) is 4.79 Å². The van der Waals surface area contributed by atoms with Gasteiger partial charge in [-0.1, -0.05) is 0 Å². The third-order valence-electron chi connectivity index (χ3n) is 2.85. The van der Waals surface area contributed by atoms with Crippen LogP contribution in [0.15, 0.2) is 0 Å². The quantitative estimate of drug-likeness (QED) is 0.755. The van der Waals surface area contributed by atoms with E-state index in [-0.39, 0.29) is 11.9 Å². The van der Waals surface area contributed by atoms with Gasteiger partial charge in [0.2, 0.25) is 0 Å². The molecule has 6 nitrogen and oxygen atoms in total. The maximum absolute atomic E-state index is 11.6. The Hall–Kier alpha value is -1.30. The van der Waals surface area contributed by atoms with Gasteiger partial charge in [0, 0.05) is 0 Å². The molecule has 1 rings (SSSR count). The molecule has 1 amide bonds. The number of alkyl carbamates (subject to hydrolysis) is 1. The highest BCUT2D eigenvalue weighted by atomic mass is 16.6. The second-order valence-electron chi connectivity index (χ2n) is 5.74. The fourth-order valence-corrected chi connectivity index (χ4v) is 2.08. The van der Waals surface area contributed by atoms with Crippen LogP contribution >= 0.6 is 0 Å². The maximum Gasteiger partial charge on any atom is 0.407 e. The molecule has 0 aromatic rings. The lowest BCUT2D eigenvalue weighted by Crippen LogP contribution is -2.42. The van der Waals surface area contributed by atoms with Crippen LogP contribution in [0.4, 0.5) is 4.79 Å². The molecule has 0 heterocycles. The number of hydrogen-bond donors (Lipinski definition) is 2. The molecule has 6 heteroatoms. The van der Waals surface area contributed by atoms with Gasteiger partial charge in [-0.05, 0) is 40.5 Å². The highest BCUT2D eigenvalue weighted by molar-refractivity contribution is 5.73. The Bertz CT molecular complexity index is 336. The molecule has 2 N–H and O–H groups in total. The summed E-state index contributed by atoms with van der Waals surface area (Å²) < 4.78 is 10.0. The van der Waals surface area contributed by atoms with Crippen molar-refractivity contribution in [2.75, 3.05) is 6.61 Å². The van der Waals surface area contributed by atoms with Crippen LogP contribution in [0.1, 0.15) is 40.5 Å². The molecule has 0 unspecified atom stereocenters. The summed E-state index contributed by atoms with van der Waals surface area (Å²) in [6.07, 6.45) is -0.651. The second kappa shape index (κ2) is 6.23. The third kappa shape index (κ3) is 5.06. The van der Waals surface area contributed by atoms with Gasteiger partial charge in [0.15, 0.2) is 0 Å². The molecular weight excluding hydrogens is 250 g/mol. The topological polar surface area (TPSA) is 84.9 Å². The van der Waals surface area contributed by atoms with E-state index >= 15 is 0 Å². The van der Waals surface area contributed by atoms with Gasteiger partial charge in [0.1, 0.15) is 5.60 Å². The van der Waals surface area contributed by atoms with Crippen molar-refractivity contribution in [3.8, 4) is 0 Å². The molecule has 3 atom stereocenters. The van der Waals surface area contributed by atoms with E-state index in [1.54, 1.807) is 27.7 Å². The monoisotopic (exact) mass is 273 g/mol.